The smallest absolute Gasteiger partial charge is 0.404 e. The minimum Gasteiger partial charge on any atom is -0.446 e. The second-order valence-electron chi connectivity index (χ2n) is 2.93. The molecule has 82 valence electrons. The largest absolute Gasteiger partial charge is 0.446 e. The maximum absolute atomic E-state index is 10.6. The van der Waals surface area contributed by atoms with E-state index >= 15 is 0 Å². The van der Waals surface area contributed by atoms with Crippen molar-refractivity contribution in [2.75, 3.05) is 0 Å². The Labute approximate surface area is 103 Å². The second kappa shape index (κ2) is 5.59. The van der Waals surface area contributed by atoms with Crippen molar-refractivity contribution in [1.82, 2.24) is 0 Å². The van der Waals surface area contributed by atoms with Crippen molar-refractivity contribution in [2.45, 2.75) is 19.4 Å². The van der Waals surface area contributed by atoms with E-state index in [1.807, 2.05) is 6.92 Å². The molecule has 1 unspecified atom stereocenters. The van der Waals surface area contributed by atoms with Crippen LogP contribution >= 0.6 is 34.8 Å². The van der Waals surface area contributed by atoms with Crippen molar-refractivity contribution in [3.8, 4) is 0 Å². The molecule has 1 aromatic rings. The molecule has 5 heteroatoms. The number of hydrogen-bond donors (Lipinski definition) is 0. The Balaban J connectivity index is 2.92. The summed E-state index contributed by atoms with van der Waals surface area (Å²) in [5.74, 6) is 0. The van der Waals surface area contributed by atoms with Crippen LogP contribution < -0.4 is 0 Å². The maximum atomic E-state index is 10.6. The van der Waals surface area contributed by atoms with Crippen LogP contribution in [0, 0.1) is 0 Å². The normalized spacial score (nSPS) is 12.3. The van der Waals surface area contributed by atoms with Gasteiger partial charge in [0.25, 0.3) is 0 Å². The van der Waals surface area contributed by atoms with E-state index in [0.717, 1.165) is 5.56 Å². The van der Waals surface area contributed by atoms with Crippen molar-refractivity contribution in [3.05, 3.63) is 33.8 Å². The van der Waals surface area contributed by atoms with Crippen LogP contribution in [-0.2, 0) is 4.74 Å². The second-order valence-corrected chi connectivity index (χ2v) is 4.05. The molecular formula is C10H9Cl3O2. The summed E-state index contributed by atoms with van der Waals surface area (Å²) in [5, 5.41) is 0.894. The lowest BCUT2D eigenvalue weighted by Gasteiger charge is -2.14. The van der Waals surface area contributed by atoms with Crippen LogP contribution in [0.3, 0.4) is 0 Å². The van der Waals surface area contributed by atoms with Gasteiger partial charge in [-0.15, -0.1) is 0 Å². The highest BCUT2D eigenvalue weighted by molar-refractivity contribution is 6.61. The molecule has 2 nitrogen and oxygen atoms in total. The number of benzene rings is 1. The predicted octanol–water partition coefficient (Wildman–Crippen LogP) is 4.82. The molecule has 0 saturated carbocycles. The lowest BCUT2D eigenvalue weighted by atomic mass is 10.1. The quantitative estimate of drug-likeness (QED) is 0.734. The van der Waals surface area contributed by atoms with E-state index < -0.39 is 5.43 Å². The highest BCUT2D eigenvalue weighted by Crippen LogP contribution is 2.29. The minimum atomic E-state index is -0.826. The first-order chi connectivity index (χ1) is 7.04. The van der Waals surface area contributed by atoms with Gasteiger partial charge in [-0.2, -0.15) is 0 Å². The Bertz CT molecular complexity index is 366. The maximum Gasteiger partial charge on any atom is 0.404 e. The van der Waals surface area contributed by atoms with Crippen LogP contribution in [-0.4, -0.2) is 5.43 Å². The first kappa shape index (κ1) is 12.6. The van der Waals surface area contributed by atoms with Crippen LogP contribution in [0.25, 0.3) is 0 Å². The van der Waals surface area contributed by atoms with Crippen molar-refractivity contribution >= 4 is 40.2 Å². The number of halogens is 3. The number of carbonyl (C=O) groups is 1. The van der Waals surface area contributed by atoms with Crippen molar-refractivity contribution < 1.29 is 9.53 Å². The molecule has 0 spiro atoms. The Morgan fingerprint density at radius 1 is 1.40 bits per heavy atom. The summed E-state index contributed by atoms with van der Waals surface area (Å²) in [6.07, 6.45) is 0.237. The predicted molar refractivity (Wildman–Crippen MR) is 61.8 cm³/mol. The molecule has 0 aromatic heterocycles. The van der Waals surface area contributed by atoms with Crippen molar-refractivity contribution in [1.29, 1.82) is 0 Å². The summed E-state index contributed by atoms with van der Waals surface area (Å²) in [7, 11) is 0. The highest BCUT2D eigenvalue weighted by Gasteiger charge is 2.14. The number of rotatable bonds is 3. The zero-order chi connectivity index (χ0) is 11.4. The molecule has 0 saturated heterocycles. The van der Waals surface area contributed by atoms with Crippen LogP contribution in [0.4, 0.5) is 4.79 Å². The van der Waals surface area contributed by atoms with Crippen LogP contribution in [0.1, 0.15) is 25.0 Å². The average molecular weight is 268 g/mol. The fourth-order valence-corrected chi connectivity index (χ4v) is 1.63. The third kappa shape index (κ3) is 3.56. The fraction of sp³-hybridized carbons (Fsp3) is 0.300. The first-order valence-electron chi connectivity index (χ1n) is 4.35. The molecule has 0 radical (unpaired) electrons. The fourth-order valence-electron chi connectivity index (χ4n) is 1.21. The summed E-state index contributed by atoms with van der Waals surface area (Å²) in [5.41, 5.74) is -0.0474. The van der Waals surface area contributed by atoms with E-state index in [9.17, 15) is 4.79 Å². The summed E-state index contributed by atoms with van der Waals surface area (Å²) in [6.45, 7) is 1.88. The van der Waals surface area contributed by atoms with E-state index in [2.05, 4.69) is 0 Å². The van der Waals surface area contributed by atoms with Crippen molar-refractivity contribution in [3.63, 3.8) is 0 Å². The topological polar surface area (TPSA) is 26.3 Å². The van der Waals surface area contributed by atoms with E-state index in [4.69, 9.17) is 39.5 Å². The Morgan fingerprint density at radius 2 is 2.07 bits per heavy atom. The van der Waals surface area contributed by atoms with E-state index in [-0.39, 0.29) is 6.10 Å². The Hall–Kier alpha value is -0.440. The van der Waals surface area contributed by atoms with Gasteiger partial charge in [0.1, 0.15) is 6.10 Å². The van der Waals surface area contributed by atoms with Gasteiger partial charge in [0, 0.05) is 11.6 Å². The van der Waals surface area contributed by atoms with E-state index in [0.29, 0.717) is 16.5 Å². The number of ether oxygens (including phenoxy) is 1. The number of hydrogen-bond acceptors (Lipinski definition) is 2. The molecule has 0 aliphatic carbocycles. The molecule has 15 heavy (non-hydrogen) atoms. The van der Waals surface area contributed by atoms with Crippen LogP contribution in [0.2, 0.25) is 10.0 Å². The van der Waals surface area contributed by atoms with Gasteiger partial charge in [0.05, 0.1) is 10.0 Å². The molecule has 0 N–H and O–H groups in total. The van der Waals surface area contributed by atoms with Gasteiger partial charge in [-0.3, -0.25) is 0 Å². The monoisotopic (exact) mass is 266 g/mol. The van der Waals surface area contributed by atoms with Crippen LogP contribution in [0.5, 0.6) is 0 Å². The molecule has 0 aliphatic rings. The molecule has 0 amide bonds. The van der Waals surface area contributed by atoms with Gasteiger partial charge >= 0.3 is 5.43 Å². The minimum absolute atomic E-state index is 0.384. The standard InChI is InChI=1S/C10H9Cl3O2/c1-2-9(15-10(13)14)6-3-4-7(11)8(12)5-6/h3-5,9H,2H2,1H3. The molecule has 1 aromatic carbocycles. The van der Waals surface area contributed by atoms with Gasteiger partial charge in [-0.25, -0.2) is 4.79 Å². The molecule has 0 bridgehead atoms. The van der Waals surface area contributed by atoms with E-state index in [1.165, 1.54) is 0 Å². The Kier molecular flexibility index (Phi) is 4.71. The summed E-state index contributed by atoms with van der Waals surface area (Å²) >= 11 is 16.8. The summed E-state index contributed by atoms with van der Waals surface area (Å²) in [4.78, 5) is 10.6. The summed E-state index contributed by atoms with van der Waals surface area (Å²) < 4.78 is 4.91. The summed E-state index contributed by atoms with van der Waals surface area (Å²) in [6, 6.07) is 5.07. The Morgan fingerprint density at radius 3 is 2.53 bits per heavy atom. The molecule has 1 rings (SSSR count). The SMILES string of the molecule is CCC(OC(=O)Cl)c1ccc(Cl)c(Cl)c1. The molecule has 0 fully saturated rings. The lowest BCUT2D eigenvalue weighted by Crippen LogP contribution is -2.04. The van der Waals surface area contributed by atoms with Gasteiger partial charge < -0.3 is 4.74 Å². The van der Waals surface area contributed by atoms with Crippen LogP contribution in [0.15, 0.2) is 18.2 Å². The zero-order valence-electron chi connectivity index (χ0n) is 7.97. The van der Waals surface area contributed by atoms with Gasteiger partial charge in [0.2, 0.25) is 0 Å². The first-order valence-corrected chi connectivity index (χ1v) is 5.49. The number of carbonyl (C=O) groups excluding carboxylic acids is 1. The van der Waals surface area contributed by atoms with Gasteiger partial charge in [-0.1, -0.05) is 36.2 Å². The molecular weight excluding hydrogens is 258 g/mol. The molecule has 0 heterocycles. The van der Waals surface area contributed by atoms with Gasteiger partial charge in [0.15, 0.2) is 0 Å². The lowest BCUT2D eigenvalue weighted by molar-refractivity contribution is 0.119. The highest BCUT2D eigenvalue weighted by atomic mass is 35.5. The van der Waals surface area contributed by atoms with E-state index in [1.54, 1.807) is 18.2 Å². The van der Waals surface area contributed by atoms with Gasteiger partial charge in [-0.05, 0) is 24.1 Å². The van der Waals surface area contributed by atoms with Crippen molar-refractivity contribution in [2.24, 2.45) is 0 Å². The zero-order valence-corrected chi connectivity index (χ0v) is 10.2. The molecule has 0 aliphatic heterocycles. The molecule has 1 atom stereocenters. The third-order valence-electron chi connectivity index (χ3n) is 1.92. The average Bonchev–Trinajstić information content (AvgIpc) is 2.18. The third-order valence-corrected chi connectivity index (χ3v) is 2.75.